The van der Waals surface area contributed by atoms with Crippen LogP contribution in [0.2, 0.25) is 5.02 Å². The van der Waals surface area contributed by atoms with Gasteiger partial charge < -0.3 is 4.90 Å². The Morgan fingerprint density at radius 1 is 1.11 bits per heavy atom. The molecule has 0 aliphatic heterocycles. The fourth-order valence-electron chi connectivity index (χ4n) is 2.22. The van der Waals surface area contributed by atoms with Gasteiger partial charge in [-0.2, -0.15) is 0 Å². The smallest absolute Gasteiger partial charge is 0.0426 e. The van der Waals surface area contributed by atoms with Gasteiger partial charge in [-0.05, 0) is 41.8 Å². The fourth-order valence-corrected chi connectivity index (χ4v) is 2.78. The fraction of sp³-hybridized carbons (Fsp3) is 0.250. The monoisotopic (exact) mass is 337 g/mol. The van der Waals surface area contributed by atoms with Gasteiger partial charge in [0, 0.05) is 29.6 Å². The molecular weight excluding hydrogens is 322 g/mol. The molecule has 0 radical (unpaired) electrons. The summed E-state index contributed by atoms with van der Waals surface area (Å²) in [6.07, 6.45) is 0. The Kier molecular flexibility index (Phi) is 4.89. The molecule has 0 spiro atoms. The van der Waals surface area contributed by atoms with Crippen LogP contribution in [-0.4, -0.2) is 7.05 Å². The van der Waals surface area contributed by atoms with E-state index < -0.39 is 0 Å². The minimum Gasteiger partial charge on any atom is -0.370 e. The number of nitrogens with zero attached hydrogens (tertiary/aromatic N) is 1. The molecule has 0 N–H and O–H groups in total. The van der Waals surface area contributed by atoms with Gasteiger partial charge in [-0.1, -0.05) is 51.8 Å². The Hall–Kier alpha value is -0.990. The lowest BCUT2D eigenvalue weighted by atomic mass is 10.1. The molecule has 0 heterocycles. The summed E-state index contributed by atoms with van der Waals surface area (Å²) in [4.78, 5) is 2.25. The van der Waals surface area contributed by atoms with Crippen LogP contribution in [0.5, 0.6) is 0 Å². The minimum atomic E-state index is 0.789. The van der Waals surface area contributed by atoms with Crippen LogP contribution < -0.4 is 4.90 Å². The zero-order valence-corrected chi connectivity index (χ0v) is 13.5. The van der Waals surface area contributed by atoms with E-state index in [2.05, 4.69) is 59.1 Å². The van der Waals surface area contributed by atoms with Crippen LogP contribution in [0.3, 0.4) is 0 Å². The molecule has 3 heteroatoms. The van der Waals surface area contributed by atoms with Crippen LogP contribution in [0.15, 0.2) is 42.5 Å². The number of benzene rings is 2. The van der Waals surface area contributed by atoms with Crippen molar-refractivity contribution >= 4 is 33.2 Å². The maximum atomic E-state index is 6.02. The van der Waals surface area contributed by atoms with Gasteiger partial charge in [0.1, 0.15) is 0 Å². The van der Waals surface area contributed by atoms with Crippen molar-refractivity contribution in [3.05, 3.63) is 64.2 Å². The van der Waals surface area contributed by atoms with Crippen LogP contribution in [0, 0.1) is 6.92 Å². The van der Waals surface area contributed by atoms with Crippen molar-refractivity contribution in [2.45, 2.75) is 18.8 Å². The molecule has 0 unspecified atom stereocenters. The highest BCUT2D eigenvalue weighted by atomic mass is 79.9. The Balaban J connectivity index is 2.18. The van der Waals surface area contributed by atoms with Gasteiger partial charge in [-0.15, -0.1) is 0 Å². The van der Waals surface area contributed by atoms with Gasteiger partial charge >= 0.3 is 0 Å². The van der Waals surface area contributed by atoms with E-state index in [1.807, 2.05) is 18.2 Å². The molecule has 0 aliphatic rings. The summed E-state index contributed by atoms with van der Waals surface area (Å²) in [5, 5.41) is 1.68. The maximum Gasteiger partial charge on any atom is 0.0426 e. The van der Waals surface area contributed by atoms with Crippen molar-refractivity contribution in [1.29, 1.82) is 0 Å². The van der Waals surface area contributed by atoms with Gasteiger partial charge in [-0.25, -0.2) is 0 Å². The molecule has 2 aromatic carbocycles. The van der Waals surface area contributed by atoms with Crippen LogP contribution in [0.25, 0.3) is 0 Å². The highest BCUT2D eigenvalue weighted by Crippen LogP contribution is 2.23. The van der Waals surface area contributed by atoms with Gasteiger partial charge in [0.25, 0.3) is 0 Å². The number of rotatable bonds is 4. The normalized spacial score (nSPS) is 10.5. The van der Waals surface area contributed by atoms with E-state index in [-0.39, 0.29) is 0 Å². The van der Waals surface area contributed by atoms with Gasteiger partial charge in [0.2, 0.25) is 0 Å². The second kappa shape index (κ2) is 6.44. The largest absolute Gasteiger partial charge is 0.370 e. The van der Waals surface area contributed by atoms with Crippen molar-refractivity contribution < 1.29 is 0 Å². The van der Waals surface area contributed by atoms with Crippen LogP contribution in [-0.2, 0) is 11.9 Å². The average molecular weight is 339 g/mol. The van der Waals surface area contributed by atoms with Crippen LogP contribution in [0.4, 0.5) is 5.69 Å². The quantitative estimate of drug-likeness (QED) is 0.694. The van der Waals surface area contributed by atoms with E-state index in [4.69, 9.17) is 11.6 Å². The molecule has 0 saturated carbocycles. The Bertz CT molecular complexity index is 568. The van der Waals surface area contributed by atoms with Crippen molar-refractivity contribution in [1.82, 2.24) is 0 Å². The predicted molar refractivity (Wildman–Crippen MR) is 87.4 cm³/mol. The Labute approximate surface area is 128 Å². The number of alkyl halides is 1. The lowest BCUT2D eigenvalue weighted by Crippen LogP contribution is -2.17. The number of hydrogen-bond acceptors (Lipinski definition) is 1. The highest BCUT2D eigenvalue weighted by molar-refractivity contribution is 9.08. The van der Waals surface area contributed by atoms with Crippen molar-refractivity contribution in [2.24, 2.45) is 0 Å². The highest BCUT2D eigenvalue weighted by Gasteiger charge is 2.06. The minimum absolute atomic E-state index is 0.789. The topological polar surface area (TPSA) is 3.24 Å². The van der Waals surface area contributed by atoms with Gasteiger partial charge in [-0.3, -0.25) is 0 Å². The van der Waals surface area contributed by atoms with E-state index in [1.54, 1.807) is 0 Å². The molecule has 2 rings (SSSR count). The third-order valence-corrected chi connectivity index (χ3v) is 4.02. The standard InChI is InChI=1S/C16H17BrClN/c1-12-8-13(10-17)6-7-16(12)19(2)11-14-4-3-5-15(18)9-14/h3-9H,10-11H2,1-2H3. The Morgan fingerprint density at radius 2 is 1.89 bits per heavy atom. The van der Waals surface area contributed by atoms with E-state index in [0.29, 0.717) is 0 Å². The second-order valence-corrected chi connectivity index (χ2v) is 5.74. The van der Waals surface area contributed by atoms with Crippen LogP contribution >= 0.6 is 27.5 Å². The molecule has 0 aromatic heterocycles. The van der Waals surface area contributed by atoms with Crippen molar-refractivity contribution in [3.8, 4) is 0 Å². The summed E-state index contributed by atoms with van der Waals surface area (Å²) in [6, 6.07) is 14.6. The first-order valence-corrected chi connectivity index (χ1v) is 7.71. The number of aryl methyl sites for hydroxylation is 1. The SMILES string of the molecule is Cc1cc(CBr)ccc1N(C)Cc1cccc(Cl)c1. The van der Waals surface area contributed by atoms with E-state index >= 15 is 0 Å². The first-order valence-electron chi connectivity index (χ1n) is 6.21. The van der Waals surface area contributed by atoms with Gasteiger partial charge in [0.15, 0.2) is 0 Å². The van der Waals surface area contributed by atoms with E-state index in [0.717, 1.165) is 16.9 Å². The summed E-state index contributed by atoms with van der Waals surface area (Å²) in [7, 11) is 2.11. The number of hydrogen-bond donors (Lipinski definition) is 0. The second-order valence-electron chi connectivity index (χ2n) is 4.74. The first kappa shape index (κ1) is 14.4. The number of halogens is 2. The predicted octanol–water partition coefficient (Wildman–Crippen LogP) is 5.18. The molecule has 0 saturated heterocycles. The molecule has 0 bridgehead atoms. The summed E-state index contributed by atoms with van der Waals surface area (Å²) in [5.74, 6) is 0. The summed E-state index contributed by atoms with van der Waals surface area (Å²) in [6.45, 7) is 3.00. The third kappa shape index (κ3) is 3.74. The molecule has 1 nitrogen and oxygen atoms in total. The van der Waals surface area contributed by atoms with Crippen molar-refractivity contribution in [3.63, 3.8) is 0 Å². The summed E-state index contributed by atoms with van der Waals surface area (Å²) < 4.78 is 0. The number of anilines is 1. The van der Waals surface area contributed by atoms with E-state index in [9.17, 15) is 0 Å². The molecule has 0 fully saturated rings. The molecule has 0 atom stereocenters. The molecule has 0 aliphatic carbocycles. The average Bonchev–Trinajstić information content (AvgIpc) is 2.38. The first-order chi connectivity index (χ1) is 9.10. The molecule has 0 amide bonds. The van der Waals surface area contributed by atoms with Gasteiger partial charge in [0.05, 0.1) is 0 Å². The lowest BCUT2D eigenvalue weighted by molar-refractivity contribution is 0.917. The molecule has 2 aromatic rings. The maximum absolute atomic E-state index is 6.02. The third-order valence-electron chi connectivity index (χ3n) is 3.14. The molecule has 100 valence electrons. The molecular formula is C16H17BrClN. The van der Waals surface area contributed by atoms with E-state index in [1.165, 1.54) is 22.4 Å². The molecule has 19 heavy (non-hydrogen) atoms. The Morgan fingerprint density at radius 3 is 2.53 bits per heavy atom. The lowest BCUT2D eigenvalue weighted by Gasteiger charge is -2.22. The zero-order chi connectivity index (χ0) is 13.8. The summed E-state index contributed by atoms with van der Waals surface area (Å²) in [5.41, 5.74) is 5.07. The zero-order valence-electron chi connectivity index (χ0n) is 11.2. The van der Waals surface area contributed by atoms with Crippen LogP contribution in [0.1, 0.15) is 16.7 Å². The van der Waals surface area contributed by atoms with Crippen molar-refractivity contribution in [2.75, 3.05) is 11.9 Å². The summed E-state index contributed by atoms with van der Waals surface area (Å²) >= 11 is 9.51.